The lowest BCUT2D eigenvalue weighted by Gasteiger charge is -2.29. The number of nitrogens with zero attached hydrogens (tertiary/aromatic N) is 2. The van der Waals surface area contributed by atoms with Gasteiger partial charge in [-0.15, -0.1) is 0 Å². The zero-order valence-corrected chi connectivity index (χ0v) is 15.0. The van der Waals surface area contributed by atoms with Crippen LogP contribution in [0.15, 0.2) is 54.6 Å². The van der Waals surface area contributed by atoms with Crippen LogP contribution in [0.1, 0.15) is 30.4 Å². The van der Waals surface area contributed by atoms with Crippen LogP contribution in [0.3, 0.4) is 0 Å². The van der Waals surface area contributed by atoms with Gasteiger partial charge < -0.3 is 14.4 Å². The molecule has 0 bridgehead atoms. The Kier molecular flexibility index (Phi) is 4.75. The Morgan fingerprint density at radius 3 is 2.24 bits per heavy atom. The molecule has 4 nitrogen and oxygen atoms in total. The topological polar surface area (TPSA) is 24.9 Å². The second kappa shape index (κ2) is 7.16. The summed E-state index contributed by atoms with van der Waals surface area (Å²) < 4.78 is 11.9. The quantitative estimate of drug-likeness (QED) is 0.853. The van der Waals surface area contributed by atoms with E-state index < -0.39 is 0 Å². The SMILES string of the molecule is C[C@@H]1[C@@H](c2ccccc2)O[C@H](c2ccc(N3CCOCC3)cc2)N1C. The van der Waals surface area contributed by atoms with Crippen molar-refractivity contribution in [2.45, 2.75) is 25.3 Å². The average molecular weight is 338 g/mol. The first-order chi connectivity index (χ1) is 12.2. The van der Waals surface area contributed by atoms with Crippen molar-refractivity contribution in [3.8, 4) is 0 Å². The third kappa shape index (κ3) is 3.30. The standard InChI is InChI=1S/C21H26N2O2/c1-16-20(17-6-4-3-5-7-17)25-21(22(16)2)18-8-10-19(11-9-18)23-12-14-24-15-13-23/h3-11,16,20-21H,12-15H2,1-2H3/t16-,20+,21-/m1/s1. The number of likely N-dealkylation sites (N-methyl/N-ethyl adjacent to an activating group) is 1. The van der Waals surface area contributed by atoms with E-state index in [-0.39, 0.29) is 12.3 Å². The summed E-state index contributed by atoms with van der Waals surface area (Å²) >= 11 is 0. The Balaban J connectivity index is 1.51. The molecule has 2 fully saturated rings. The molecule has 2 aliphatic heterocycles. The highest BCUT2D eigenvalue weighted by molar-refractivity contribution is 5.48. The molecule has 4 heteroatoms. The van der Waals surface area contributed by atoms with Gasteiger partial charge in [0, 0.05) is 24.8 Å². The minimum absolute atomic E-state index is 0.000977. The van der Waals surface area contributed by atoms with Gasteiger partial charge in [0.2, 0.25) is 0 Å². The van der Waals surface area contributed by atoms with Crippen molar-refractivity contribution in [1.82, 2.24) is 4.90 Å². The van der Waals surface area contributed by atoms with Crippen LogP contribution in [0.4, 0.5) is 5.69 Å². The number of anilines is 1. The van der Waals surface area contributed by atoms with Crippen molar-refractivity contribution in [3.05, 3.63) is 65.7 Å². The molecule has 0 radical (unpaired) electrons. The average Bonchev–Trinajstić information content (AvgIpc) is 2.98. The molecule has 0 amide bonds. The Morgan fingerprint density at radius 2 is 1.56 bits per heavy atom. The Hall–Kier alpha value is -1.88. The predicted octanol–water partition coefficient (Wildman–Crippen LogP) is 3.61. The van der Waals surface area contributed by atoms with Crippen molar-refractivity contribution in [3.63, 3.8) is 0 Å². The van der Waals surface area contributed by atoms with Gasteiger partial charge in [-0.3, -0.25) is 4.90 Å². The third-order valence-corrected chi connectivity index (χ3v) is 5.41. The summed E-state index contributed by atoms with van der Waals surface area (Å²) in [6.45, 7) is 5.79. The first-order valence-corrected chi connectivity index (χ1v) is 9.09. The van der Waals surface area contributed by atoms with E-state index in [4.69, 9.17) is 9.47 Å². The van der Waals surface area contributed by atoms with Crippen molar-refractivity contribution in [2.75, 3.05) is 38.3 Å². The van der Waals surface area contributed by atoms with Crippen LogP contribution in [0.5, 0.6) is 0 Å². The highest BCUT2D eigenvalue weighted by Gasteiger charge is 2.38. The van der Waals surface area contributed by atoms with Crippen LogP contribution in [0.25, 0.3) is 0 Å². The van der Waals surface area contributed by atoms with Gasteiger partial charge in [0.15, 0.2) is 0 Å². The molecular formula is C21H26N2O2. The molecule has 2 aromatic rings. The first kappa shape index (κ1) is 16.6. The van der Waals surface area contributed by atoms with E-state index >= 15 is 0 Å². The molecule has 2 heterocycles. The van der Waals surface area contributed by atoms with E-state index in [1.807, 2.05) is 0 Å². The third-order valence-electron chi connectivity index (χ3n) is 5.41. The molecule has 25 heavy (non-hydrogen) atoms. The van der Waals surface area contributed by atoms with Crippen molar-refractivity contribution in [2.24, 2.45) is 0 Å². The summed E-state index contributed by atoms with van der Waals surface area (Å²) in [6.07, 6.45) is 0.106. The molecule has 3 atom stereocenters. The molecule has 2 saturated heterocycles. The number of hydrogen-bond acceptors (Lipinski definition) is 4. The highest BCUT2D eigenvalue weighted by atomic mass is 16.5. The van der Waals surface area contributed by atoms with E-state index in [2.05, 4.69) is 78.4 Å². The lowest BCUT2D eigenvalue weighted by Crippen LogP contribution is -2.36. The summed E-state index contributed by atoms with van der Waals surface area (Å²) in [5.74, 6) is 0. The molecule has 2 aliphatic rings. The Morgan fingerprint density at radius 1 is 0.880 bits per heavy atom. The van der Waals surface area contributed by atoms with Gasteiger partial charge >= 0.3 is 0 Å². The van der Waals surface area contributed by atoms with Gasteiger partial charge in [0.1, 0.15) is 12.3 Å². The number of benzene rings is 2. The van der Waals surface area contributed by atoms with E-state index in [1.165, 1.54) is 16.8 Å². The van der Waals surface area contributed by atoms with Crippen molar-refractivity contribution in [1.29, 1.82) is 0 Å². The zero-order valence-electron chi connectivity index (χ0n) is 15.0. The molecule has 0 aliphatic carbocycles. The molecule has 2 aromatic carbocycles. The van der Waals surface area contributed by atoms with Gasteiger partial charge in [-0.2, -0.15) is 0 Å². The maximum Gasteiger partial charge on any atom is 0.137 e. The maximum atomic E-state index is 6.44. The fourth-order valence-corrected chi connectivity index (χ4v) is 3.76. The van der Waals surface area contributed by atoms with Gasteiger partial charge in [0.05, 0.1) is 13.2 Å². The summed E-state index contributed by atoms with van der Waals surface area (Å²) in [6, 6.07) is 19.7. The van der Waals surface area contributed by atoms with Gasteiger partial charge in [0.25, 0.3) is 0 Å². The Labute approximate surface area is 150 Å². The fraction of sp³-hybridized carbons (Fsp3) is 0.429. The van der Waals surface area contributed by atoms with E-state index in [1.54, 1.807) is 0 Å². The second-order valence-electron chi connectivity index (χ2n) is 6.92. The number of hydrogen-bond donors (Lipinski definition) is 0. The van der Waals surface area contributed by atoms with E-state index in [9.17, 15) is 0 Å². The number of ether oxygens (including phenoxy) is 2. The molecule has 4 rings (SSSR count). The van der Waals surface area contributed by atoms with Crippen LogP contribution >= 0.6 is 0 Å². The second-order valence-corrected chi connectivity index (χ2v) is 6.92. The number of morpholine rings is 1. The summed E-state index contributed by atoms with van der Waals surface area (Å²) in [7, 11) is 2.15. The lowest BCUT2D eigenvalue weighted by atomic mass is 10.0. The Bertz CT molecular complexity index is 683. The summed E-state index contributed by atoms with van der Waals surface area (Å²) in [5.41, 5.74) is 3.72. The van der Waals surface area contributed by atoms with Gasteiger partial charge in [-0.1, -0.05) is 42.5 Å². The monoisotopic (exact) mass is 338 g/mol. The molecule has 132 valence electrons. The zero-order chi connectivity index (χ0) is 17.2. The maximum absolute atomic E-state index is 6.44. The van der Waals surface area contributed by atoms with Crippen LogP contribution in [-0.4, -0.2) is 44.3 Å². The minimum atomic E-state index is -0.000977. The molecule has 0 unspecified atom stereocenters. The van der Waals surface area contributed by atoms with E-state index in [0.29, 0.717) is 6.04 Å². The van der Waals surface area contributed by atoms with Crippen LogP contribution in [0, 0.1) is 0 Å². The van der Waals surface area contributed by atoms with E-state index in [0.717, 1.165) is 26.3 Å². The largest absolute Gasteiger partial charge is 0.378 e. The smallest absolute Gasteiger partial charge is 0.137 e. The molecule has 0 saturated carbocycles. The van der Waals surface area contributed by atoms with Crippen molar-refractivity contribution < 1.29 is 9.47 Å². The van der Waals surface area contributed by atoms with Crippen molar-refractivity contribution >= 4 is 5.69 Å². The predicted molar refractivity (Wildman–Crippen MR) is 99.7 cm³/mol. The number of rotatable bonds is 3. The lowest BCUT2D eigenvalue weighted by molar-refractivity contribution is 0.00560. The summed E-state index contributed by atoms with van der Waals surface area (Å²) in [5, 5.41) is 0. The summed E-state index contributed by atoms with van der Waals surface area (Å²) in [4.78, 5) is 4.70. The normalized spacial score (nSPS) is 27.6. The highest BCUT2D eigenvalue weighted by Crippen LogP contribution is 2.41. The molecule has 0 spiro atoms. The van der Waals surface area contributed by atoms with Crippen LogP contribution in [-0.2, 0) is 9.47 Å². The molecule has 0 aromatic heterocycles. The van der Waals surface area contributed by atoms with Crippen LogP contribution < -0.4 is 4.90 Å². The fourth-order valence-electron chi connectivity index (χ4n) is 3.76. The van der Waals surface area contributed by atoms with Gasteiger partial charge in [-0.05, 0) is 37.2 Å². The van der Waals surface area contributed by atoms with Gasteiger partial charge in [-0.25, -0.2) is 0 Å². The van der Waals surface area contributed by atoms with Crippen LogP contribution in [0.2, 0.25) is 0 Å². The molecular weight excluding hydrogens is 312 g/mol. The first-order valence-electron chi connectivity index (χ1n) is 9.09. The molecule has 0 N–H and O–H groups in total. The minimum Gasteiger partial charge on any atom is -0.378 e.